The highest BCUT2D eigenvalue weighted by atomic mass is 28.4. The van der Waals surface area contributed by atoms with Gasteiger partial charge in [0.05, 0.1) is 13.2 Å². The Morgan fingerprint density at radius 2 is 0.735 bits per heavy atom. The van der Waals surface area contributed by atoms with Crippen molar-refractivity contribution in [2.24, 2.45) is 0 Å². The molecule has 4 aromatic rings. The van der Waals surface area contributed by atoms with Crippen LogP contribution in [-0.2, 0) is 32.7 Å². The predicted molar refractivity (Wildman–Crippen MR) is 200 cm³/mol. The van der Waals surface area contributed by atoms with Gasteiger partial charge in [0.25, 0.3) is 16.6 Å². The summed E-state index contributed by atoms with van der Waals surface area (Å²) in [5.41, 5.74) is 0. The third kappa shape index (κ3) is 8.20. The fourth-order valence-corrected chi connectivity index (χ4v) is 15.7. The van der Waals surface area contributed by atoms with Crippen molar-refractivity contribution in [1.82, 2.24) is 0 Å². The van der Waals surface area contributed by atoms with Gasteiger partial charge in [-0.05, 0) is 30.8 Å². The molecule has 9 heteroatoms. The number of hydrogen-bond donors (Lipinski definition) is 0. The molecule has 0 bridgehead atoms. The molecule has 0 aromatic heterocycles. The van der Waals surface area contributed by atoms with E-state index in [1.807, 2.05) is 72.8 Å². The average Bonchev–Trinajstić information content (AvgIpc) is 3.09. The number of methoxy groups -OCH3 is 2. The van der Waals surface area contributed by atoms with E-state index in [0.717, 1.165) is 20.7 Å². The van der Waals surface area contributed by atoms with E-state index in [2.05, 4.69) is 90.1 Å². The van der Waals surface area contributed by atoms with Gasteiger partial charge in [-0.3, -0.25) is 0 Å². The van der Waals surface area contributed by atoms with Crippen LogP contribution in [-0.4, -0.2) is 68.2 Å². The Balaban J connectivity index is 1.56. The van der Waals surface area contributed by atoms with Crippen molar-refractivity contribution in [1.29, 1.82) is 0 Å². The minimum atomic E-state index is -2.97. The Labute approximate surface area is 293 Å². The standard InChI is InChI=1S/C40H50O7Si2/c1-39(2,3)48(31-21-13-9-14-22-31,32-23-15-10-16-24-32)45-29-35(43-7)37(41)47-38(42)36(44-8)30-46-49(40(4,5)6,33-25-17-11-18-26-33)34-27-19-12-20-28-34/h9-28,35-36H,29-30H2,1-8H3/t35-,36-/m1/s1. The van der Waals surface area contributed by atoms with Crippen LogP contribution in [0.25, 0.3) is 0 Å². The molecule has 49 heavy (non-hydrogen) atoms. The molecule has 0 N–H and O–H groups in total. The highest BCUT2D eigenvalue weighted by Gasteiger charge is 2.52. The van der Waals surface area contributed by atoms with E-state index in [0.29, 0.717) is 0 Å². The number of hydrogen-bond acceptors (Lipinski definition) is 7. The van der Waals surface area contributed by atoms with E-state index in [1.165, 1.54) is 14.2 Å². The van der Waals surface area contributed by atoms with E-state index in [-0.39, 0.29) is 23.3 Å². The molecular weight excluding hydrogens is 649 g/mol. The van der Waals surface area contributed by atoms with Crippen molar-refractivity contribution in [3.05, 3.63) is 121 Å². The van der Waals surface area contributed by atoms with Gasteiger partial charge < -0.3 is 23.1 Å². The zero-order valence-electron chi connectivity index (χ0n) is 30.0. The van der Waals surface area contributed by atoms with Crippen molar-refractivity contribution >= 4 is 49.3 Å². The van der Waals surface area contributed by atoms with Gasteiger partial charge in [0.1, 0.15) is 0 Å². The zero-order valence-corrected chi connectivity index (χ0v) is 32.0. The molecule has 0 aliphatic carbocycles. The quantitative estimate of drug-likeness (QED) is 0.101. The molecule has 0 unspecified atom stereocenters. The Bertz CT molecular complexity index is 1420. The number of esters is 2. The topological polar surface area (TPSA) is 80.3 Å². The molecule has 0 amide bonds. The monoisotopic (exact) mass is 698 g/mol. The second kappa shape index (κ2) is 16.3. The van der Waals surface area contributed by atoms with Crippen molar-refractivity contribution in [3.8, 4) is 0 Å². The molecule has 0 fully saturated rings. The third-order valence-electron chi connectivity index (χ3n) is 9.03. The first-order chi connectivity index (χ1) is 23.3. The third-order valence-corrected chi connectivity index (χ3v) is 19.0. The van der Waals surface area contributed by atoms with Crippen molar-refractivity contribution < 1.29 is 32.7 Å². The van der Waals surface area contributed by atoms with E-state index in [1.54, 1.807) is 0 Å². The Morgan fingerprint density at radius 1 is 0.490 bits per heavy atom. The maximum absolute atomic E-state index is 13.5. The fraction of sp³-hybridized carbons (Fsp3) is 0.350. The van der Waals surface area contributed by atoms with Gasteiger partial charge in [-0.1, -0.05) is 163 Å². The first-order valence-corrected chi connectivity index (χ1v) is 20.4. The SMILES string of the molecule is CO[C@H](CO[Si](c1ccccc1)(c1ccccc1)C(C)(C)C)C(=O)OC(=O)[C@@H](CO[Si](c1ccccc1)(c1ccccc1)C(C)(C)C)OC. The van der Waals surface area contributed by atoms with Crippen LogP contribution in [0, 0.1) is 0 Å². The lowest BCUT2D eigenvalue weighted by Gasteiger charge is -2.43. The first kappa shape index (κ1) is 38.1. The molecule has 4 aromatic carbocycles. The number of carbonyl (C=O) groups is 2. The maximum atomic E-state index is 13.5. The van der Waals surface area contributed by atoms with Crippen LogP contribution < -0.4 is 20.7 Å². The summed E-state index contributed by atoms with van der Waals surface area (Å²) in [5, 5.41) is 3.63. The summed E-state index contributed by atoms with van der Waals surface area (Å²) in [4.78, 5) is 27.1. The van der Waals surface area contributed by atoms with Gasteiger partial charge in [-0.15, -0.1) is 0 Å². The molecule has 7 nitrogen and oxygen atoms in total. The summed E-state index contributed by atoms with van der Waals surface area (Å²) in [6, 6.07) is 40.4. The molecule has 0 aliphatic heterocycles. The lowest BCUT2D eigenvalue weighted by Crippen LogP contribution is -2.67. The number of rotatable bonds is 14. The van der Waals surface area contributed by atoms with E-state index in [4.69, 9.17) is 23.1 Å². The van der Waals surface area contributed by atoms with Gasteiger partial charge in [0, 0.05) is 14.2 Å². The van der Waals surface area contributed by atoms with Crippen LogP contribution in [0.15, 0.2) is 121 Å². The van der Waals surface area contributed by atoms with Gasteiger partial charge in [0.2, 0.25) is 0 Å². The van der Waals surface area contributed by atoms with Crippen LogP contribution in [0.3, 0.4) is 0 Å². The van der Waals surface area contributed by atoms with Crippen molar-refractivity contribution in [2.45, 2.75) is 63.8 Å². The summed E-state index contributed by atoms with van der Waals surface area (Å²) in [6.45, 7) is 12.7. The molecule has 0 saturated carbocycles. The molecule has 4 rings (SSSR count). The molecule has 0 aliphatic rings. The Morgan fingerprint density at radius 3 is 0.939 bits per heavy atom. The van der Waals surface area contributed by atoms with Gasteiger partial charge in [-0.2, -0.15) is 0 Å². The predicted octanol–water partition coefficient (Wildman–Crippen LogP) is 5.24. The van der Waals surface area contributed by atoms with E-state index >= 15 is 0 Å². The second-order valence-electron chi connectivity index (χ2n) is 14.1. The summed E-state index contributed by atoms with van der Waals surface area (Å²) in [7, 11) is -3.13. The average molecular weight is 699 g/mol. The number of ether oxygens (including phenoxy) is 3. The maximum Gasteiger partial charge on any atom is 0.345 e. The molecule has 0 radical (unpaired) electrons. The second-order valence-corrected chi connectivity index (χ2v) is 22.7. The van der Waals surface area contributed by atoms with Gasteiger partial charge >= 0.3 is 11.9 Å². The number of benzene rings is 4. The largest absolute Gasteiger partial charge is 0.404 e. The van der Waals surface area contributed by atoms with Crippen LogP contribution >= 0.6 is 0 Å². The van der Waals surface area contributed by atoms with Crippen LogP contribution in [0.1, 0.15) is 41.5 Å². The zero-order chi connectivity index (χ0) is 35.7. The van der Waals surface area contributed by atoms with Crippen LogP contribution in [0.2, 0.25) is 10.1 Å². The molecule has 0 heterocycles. The Hall–Kier alpha value is -3.71. The lowest BCUT2D eigenvalue weighted by molar-refractivity contribution is -0.175. The summed E-state index contributed by atoms with van der Waals surface area (Å²) >= 11 is 0. The summed E-state index contributed by atoms with van der Waals surface area (Å²) in [5.74, 6) is -1.70. The highest BCUT2D eigenvalue weighted by molar-refractivity contribution is 7.00. The number of carbonyl (C=O) groups excluding carboxylic acids is 2. The van der Waals surface area contributed by atoms with Crippen molar-refractivity contribution in [2.75, 3.05) is 27.4 Å². The van der Waals surface area contributed by atoms with E-state index in [9.17, 15) is 9.59 Å². The molecule has 2 atom stereocenters. The van der Waals surface area contributed by atoms with E-state index < -0.39 is 40.8 Å². The fourth-order valence-electron chi connectivity index (χ4n) is 6.62. The van der Waals surface area contributed by atoms with Crippen LogP contribution in [0.4, 0.5) is 0 Å². The molecule has 0 spiro atoms. The molecule has 260 valence electrons. The molecular formula is C40H50O7Si2. The normalized spacial score (nSPS) is 13.8. The summed E-state index contributed by atoms with van der Waals surface area (Å²) < 4.78 is 30.4. The van der Waals surface area contributed by atoms with Gasteiger partial charge in [0.15, 0.2) is 12.2 Å². The Kier molecular flexibility index (Phi) is 12.7. The molecule has 0 saturated heterocycles. The van der Waals surface area contributed by atoms with Crippen molar-refractivity contribution in [3.63, 3.8) is 0 Å². The lowest BCUT2D eigenvalue weighted by atomic mass is 10.2. The first-order valence-electron chi connectivity index (χ1n) is 16.6. The van der Waals surface area contributed by atoms with Gasteiger partial charge in [-0.25, -0.2) is 9.59 Å². The highest BCUT2D eigenvalue weighted by Crippen LogP contribution is 2.38. The summed E-state index contributed by atoms with van der Waals surface area (Å²) in [6.07, 6.45) is -2.30. The van der Waals surface area contributed by atoms with Crippen LogP contribution in [0.5, 0.6) is 0 Å². The minimum absolute atomic E-state index is 0.105. The smallest absolute Gasteiger partial charge is 0.345 e. The minimum Gasteiger partial charge on any atom is -0.404 e.